The molecule has 11 heteroatoms. The van der Waals surface area contributed by atoms with Gasteiger partial charge in [0, 0.05) is 22.6 Å². The third-order valence-electron chi connectivity index (χ3n) is 6.75. The first-order valence-electron chi connectivity index (χ1n) is 13.3. The van der Waals surface area contributed by atoms with Gasteiger partial charge in [0.05, 0.1) is 10.6 Å². The van der Waals surface area contributed by atoms with Crippen LogP contribution >= 0.6 is 23.2 Å². The van der Waals surface area contributed by atoms with Crippen LogP contribution in [0, 0.1) is 12.7 Å². The molecule has 0 spiro atoms. The Morgan fingerprint density at radius 3 is 2.15 bits per heavy atom. The van der Waals surface area contributed by atoms with Crippen LogP contribution < -0.4 is 9.62 Å². The molecule has 0 saturated heterocycles. The van der Waals surface area contributed by atoms with E-state index in [9.17, 15) is 22.4 Å². The van der Waals surface area contributed by atoms with Crippen LogP contribution in [0.2, 0.25) is 10.0 Å². The minimum Gasteiger partial charge on any atom is -0.352 e. The van der Waals surface area contributed by atoms with Gasteiger partial charge < -0.3 is 10.2 Å². The fourth-order valence-corrected chi connectivity index (χ4v) is 6.05. The molecular formula is C30H34Cl2FN3O4S. The van der Waals surface area contributed by atoms with Gasteiger partial charge in [0.25, 0.3) is 10.0 Å². The number of nitrogens with one attached hydrogen (secondary N) is 1. The summed E-state index contributed by atoms with van der Waals surface area (Å²) in [5, 5.41) is 3.63. The van der Waals surface area contributed by atoms with Crippen LogP contribution in [-0.4, -0.2) is 43.8 Å². The van der Waals surface area contributed by atoms with Crippen molar-refractivity contribution in [3.63, 3.8) is 0 Å². The summed E-state index contributed by atoms with van der Waals surface area (Å²) < 4.78 is 42.4. The average Bonchev–Trinajstić information content (AvgIpc) is 2.93. The zero-order chi connectivity index (χ0) is 30.3. The first-order valence-corrected chi connectivity index (χ1v) is 15.5. The van der Waals surface area contributed by atoms with Gasteiger partial charge in [0.2, 0.25) is 11.8 Å². The van der Waals surface area contributed by atoms with Gasteiger partial charge in [0.1, 0.15) is 18.4 Å². The van der Waals surface area contributed by atoms with Gasteiger partial charge in [0.15, 0.2) is 0 Å². The highest BCUT2D eigenvalue weighted by Crippen LogP contribution is 2.27. The first-order chi connectivity index (χ1) is 19.4. The molecule has 0 aromatic heterocycles. The SMILES string of the molecule is CC[C@@H](C)NC(=O)[C@H](CC)N(Cc1ccc(Cl)cc1Cl)C(=O)CN(c1ccc(F)cc1)S(=O)(=O)c1ccc(C)cc1. The molecule has 41 heavy (non-hydrogen) atoms. The van der Waals surface area contributed by atoms with Crippen LogP contribution in [0.4, 0.5) is 10.1 Å². The third kappa shape index (κ3) is 8.21. The van der Waals surface area contributed by atoms with Crippen LogP contribution in [-0.2, 0) is 26.2 Å². The molecule has 0 unspecified atom stereocenters. The van der Waals surface area contributed by atoms with Crippen molar-refractivity contribution in [3.05, 3.63) is 93.7 Å². The topological polar surface area (TPSA) is 86.8 Å². The maximum Gasteiger partial charge on any atom is 0.264 e. The number of amides is 2. The summed E-state index contributed by atoms with van der Waals surface area (Å²) >= 11 is 12.5. The molecule has 2 atom stereocenters. The highest BCUT2D eigenvalue weighted by atomic mass is 35.5. The molecule has 3 aromatic rings. The predicted octanol–water partition coefficient (Wildman–Crippen LogP) is 6.36. The maximum absolute atomic E-state index is 14.1. The molecule has 1 N–H and O–H groups in total. The lowest BCUT2D eigenvalue weighted by Crippen LogP contribution is -2.53. The summed E-state index contributed by atoms with van der Waals surface area (Å²) in [7, 11) is -4.26. The minimum atomic E-state index is -4.26. The Morgan fingerprint density at radius 1 is 0.951 bits per heavy atom. The second-order valence-corrected chi connectivity index (χ2v) is 12.5. The lowest BCUT2D eigenvalue weighted by Gasteiger charge is -2.34. The van der Waals surface area contributed by atoms with E-state index < -0.39 is 34.3 Å². The Hall–Kier alpha value is -3.14. The molecule has 0 saturated carbocycles. The van der Waals surface area contributed by atoms with Gasteiger partial charge in [-0.25, -0.2) is 12.8 Å². The highest BCUT2D eigenvalue weighted by Gasteiger charge is 2.34. The molecular weight excluding hydrogens is 588 g/mol. The number of hydrogen-bond acceptors (Lipinski definition) is 4. The van der Waals surface area contributed by atoms with Crippen LogP contribution in [0.3, 0.4) is 0 Å². The van der Waals surface area contributed by atoms with Crippen LogP contribution in [0.1, 0.15) is 44.7 Å². The Balaban J connectivity index is 2.08. The van der Waals surface area contributed by atoms with Gasteiger partial charge in [-0.15, -0.1) is 0 Å². The van der Waals surface area contributed by atoms with E-state index in [0.29, 0.717) is 22.0 Å². The number of anilines is 1. The first kappa shape index (κ1) is 32.4. The number of hydrogen-bond donors (Lipinski definition) is 1. The number of sulfonamides is 1. The number of nitrogens with zero attached hydrogens (tertiary/aromatic N) is 2. The predicted molar refractivity (Wildman–Crippen MR) is 161 cm³/mol. The zero-order valence-corrected chi connectivity index (χ0v) is 25.7. The van der Waals surface area contributed by atoms with Crippen molar-refractivity contribution < 1.29 is 22.4 Å². The lowest BCUT2D eigenvalue weighted by molar-refractivity contribution is -0.140. The van der Waals surface area contributed by atoms with Gasteiger partial charge in [-0.3, -0.25) is 13.9 Å². The van der Waals surface area contributed by atoms with Crippen molar-refractivity contribution in [1.29, 1.82) is 0 Å². The zero-order valence-electron chi connectivity index (χ0n) is 23.4. The summed E-state index contributed by atoms with van der Waals surface area (Å²) in [4.78, 5) is 28.7. The van der Waals surface area contributed by atoms with Gasteiger partial charge >= 0.3 is 0 Å². The summed E-state index contributed by atoms with van der Waals surface area (Å²) in [6.45, 7) is 6.68. The van der Waals surface area contributed by atoms with Crippen molar-refractivity contribution in [2.75, 3.05) is 10.8 Å². The summed E-state index contributed by atoms with van der Waals surface area (Å²) in [5.41, 5.74) is 1.49. The Morgan fingerprint density at radius 2 is 1.59 bits per heavy atom. The Bertz CT molecular complexity index is 1470. The van der Waals surface area contributed by atoms with Crippen molar-refractivity contribution in [1.82, 2.24) is 10.2 Å². The maximum atomic E-state index is 14.1. The van der Waals surface area contributed by atoms with E-state index in [-0.39, 0.29) is 35.5 Å². The summed E-state index contributed by atoms with van der Waals surface area (Å²) in [6.07, 6.45) is 0.951. The van der Waals surface area contributed by atoms with Crippen molar-refractivity contribution in [3.8, 4) is 0 Å². The normalized spacial score (nSPS) is 12.9. The number of rotatable bonds is 12. The highest BCUT2D eigenvalue weighted by molar-refractivity contribution is 7.92. The van der Waals surface area contributed by atoms with E-state index >= 15 is 0 Å². The summed E-state index contributed by atoms with van der Waals surface area (Å²) in [6, 6.07) is 14.8. The second-order valence-electron chi connectivity index (χ2n) is 9.80. The van der Waals surface area contributed by atoms with Gasteiger partial charge in [-0.05, 0) is 80.8 Å². The third-order valence-corrected chi connectivity index (χ3v) is 9.12. The second kappa shape index (κ2) is 14.2. The molecule has 3 rings (SSSR count). The molecule has 0 radical (unpaired) electrons. The largest absolute Gasteiger partial charge is 0.352 e. The molecule has 0 aliphatic heterocycles. The molecule has 3 aromatic carbocycles. The molecule has 0 aliphatic rings. The minimum absolute atomic E-state index is 0.0333. The van der Waals surface area contributed by atoms with Crippen LogP contribution in [0.5, 0.6) is 0 Å². The fraction of sp³-hybridized carbons (Fsp3) is 0.333. The van der Waals surface area contributed by atoms with E-state index in [1.165, 1.54) is 35.2 Å². The van der Waals surface area contributed by atoms with Crippen molar-refractivity contribution >= 4 is 50.7 Å². The number of benzene rings is 3. The Labute approximate surface area is 251 Å². The van der Waals surface area contributed by atoms with E-state index in [2.05, 4.69) is 5.32 Å². The standard InChI is InChI=1S/C30H34Cl2FN3O4S/c1-5-21(4)34-30(38)28(6-2)35(18-22-9-10-23(31)17-27(22)32)29(37)19-36(25-13-11-24(33)12-14-25)41(39,40)26-15-7-20(3)8-16-26/h7-17,21,28H,5-6,18-19H2,1-4H3,(H,34,38)/t21-,28+/m1/s1. The molecule has 0 fully saturated rings. The Kier molecular flexibility index (Phi) is 11.2. The van der Waals surface area contributed by atoms with Crippen molar-refractivity contribution in [2.45, 2.75) is 64.1 Å². The van der Waals surface area contributed by atoms with E-state index in [1.807, 2.05) is 20.8 Å². The van der Waals surface area contributed by atoms with Gasteiger partial charge in [-0.2, -0.15) is 0 Å². The van der Waals surface area contributed by atoms with E-state index in [0.717, 1.165) is 22.0 Å². The van der Waals surface area contributed by atoms with E-state index in [4.69, 9.17) is 23.2 Å². The fourth-order valence-electron chi connectivity index (χ4n) is 4.17. The van der Waals surface area contributed by atoms with Gasteiger partial charge in [-0.1, -0.05) is 60.8 Å². The van der Waals surface area contributed by atoms with Crippen LogP contribution in [0.15, 0.2) is 71.6 Å². The molecule has 7 nitrogen and oxygen atoms in total. The van der Waals surface area contributed by atoms with Crippen LogP contribution in [0.25, 0.3) is 0 Å². The molecule has 0 aliphatic carbocycles. The number of carbonyl (C=O) groups excluding carboxylic acids is 2. The smallest absolute Gasteiger partial charge is 0.264 e. The molecule has 0 bridgehead atoms. The monoisotopic (exact) mass is 621 g/mol. The number of carbonyl (C=O) groups is 2. The number of aryl methyl sites for hydroxylation is 1. The quantitative estimate of drug-likeness (QED) is 0.255. The number of halogens is 3. The molecule has 0 heterocycles. The molecule has 2 amide bonds. The summed E-state index contributed by atoms with van der Waals surface area (Å²) in [5.74, 6) is -1.56. The van der Waals surface area contributed by atoms with Crippen molar-refractivity contribution in [2.24, 2.45) is 0 Å². The van der Waals surface area contributed by atoms with E-state index in [1.54, 1.807) is 31.2 Å². The molecule has 220 valence electrons. The lowest BCUT2D eigenvalue weighted by atomic mass is 10.1. The average molecular weight is 623 g/mol.